The zero-order valence-electron chi connectivity index (χ0n) is 11.2. The highest BCUT2D eigenvalue weighted by Crippen LogP contribution is 2.24. The summed E-state index contributed by atoms with van der Waals surface area (Å²) < 4.78 is 0. The second-order valence-electron chi connectivity index (χ2n) is 6.18. The van der Waals surface area contributed by atoms with Crippen molar-refractivity contribution in [3.05, 3.63) is 0 Å². The van der Waals surface area contributed by atoms with Crippen LogP contribution in [0.25, 0.3) is 0 Å². The first-order chi connectivity index (χ1) is 8.81. The van der Waals surface area contributed by atoms with Gasteiger partial charge in [-0.15, -0.1) is 0 Å². The van der Waals surface area contributed by atoms with Gasteiger partial charge in [-0.3, -0.25) is 9.69 Å². The zero-order chi connectivity index (χ0) is 12.4. The summed E-state index contributed by atoms with van der Waals surface area (Å²) in [4.78, 5) is 14.2. The molecule has 0 aromatic rings. The minimum Gasteiger partial charge on any atom is -0.352 e. The SMILES string of the molecule is O=C(CN1CCCC(C2CCCN2)C1)NC1CC1. The number of amides is 1. The van der Waals surface area contributed by atoms with Crippen LogP contribution in [0.15, 0.2) is 0 Å². The highest BCUT2D eigenvalue weighted by molar-refractivity contribution is 5.78. The maximum absolute atomic E-state index is 11.8. The Labute approximate surface area is 109 Å². The lowest BCUT2D eigenvalue weighted by atomic mass is 9.90. The number of carbonyl (C=O) groups excluding carboxylic acids is 1. The summed E-state index contributed by atoms with van der Waals surface area (Å²) >= 11 is 0. The second kappa shape index (κ2) is 5.57. The third kappa shape index (κ3) is 3.23. The molecule has 3 aliphatic rings. The van der Waals surface area contributed by atoms with Gasteiger partial charge in [0.05, 0.1) is 6.54 Å². The molecule has 3 rings (SSSR count). The van der Waals surface area contributed by atoms with Gasteiger partial charge in [-0.25, -0.2) is 0 Å². The molecule has 4 nitrogen and oxygen atoms in total. The van der Waals surface area contributed by atoms with E-state index in [9.17, 15) is 4.79 Å². The minimum absolute atomic E-state index is 0.234. The molecule has 2 saturated heterocycles. The van der Waals surface area contributed by atoms with E-state index in [-0.39, 0.29) is 5.91 Å². The molecule has 2 heterocycles. The Morgan fingerprint density at radius 1 is 1.22 bits per heavy atom. The molecular formula is C14H25N3O. The maximum Gasteiger partial charge on any atom is 0.234 e. The fourth-order valence-electron chi connectivity index (χ4n) is 3.38. The topological polar surface area (TPSA) is 44.4 Å². The molecule has 18 heavy (non-hydrogen) atoms. The molecule has 102 valence electrons. The molecular weight excluding hydrogens is 226 g/mol. The van der Waals surface area contributed by atoms with E-state index in [2.05, 4.69) is 15.5 Å². The molecule has 2 aliphatic heterocycles. The number of nitrogens with one attached hydrogen (secondary N) is 2. The number of likely N-dealkylation sites (tertiary alicyclic amines) is 1. The largest absolute Gasteiger partial charge is 0.352 e. The van der Waals surface area contributed by atoms with Gasteiger partial charge in [0.15, 0.2) is 0 Å². The van der Waals surface area contributed by atoms with Gasteiger partial charge in [-0.2, -0.15) is 0 Å². The highest BCUT2D eigenvalue weighted by atomic mass is 16.2. The number of nitrogens with zero attached hydrogens (tertiary/aromatic N) is 1. The van der Waals surface area contributed by atoms with Crippen LogP contribution in [-0.4, -0.2) is 49.1 Å². The summed E-state index contributed by atoms with van der Waals surface area (Å²) in [6.07, 6.45) is 7.59. The summed E-state index contributed by atoms with van der Waals surface area (Å²) in [6, 6.07) is 1.20. The van der Waals surface area contributed by atoms with Gasteiger partial charge in [0.2, 0.25) is 5.91 Å². The van der Waals surface area contributed by atoms with Crippen molar-refractivity contribution < 1.29 is 4.79 Å². The van der Waals surface area contributed by atoms with E-state index in [1.165, 1.54) is 45.1 Å². The Balaban J connectivity index is 1.45. The highest BCUT2D eigenvalue weighted by Gasteiger charge is 2.30. The molecule has 2 unspecified atom stereocenters. The van der Waals surface area contributed by atoms with Gasteiger partial charge in [0.1, 0.15) is 0 Å². The van der Waals surface area contributed by atoms with Crippen molar-refractivity contribution in [2.24, 2.45) is 5.92 Å². The predicted octanol–water partition coefficient (Wildman–Crippen LogP) is 0.729. The van der Waals surface area contributed by atoms with Crippen molar-refractivity contribution >= 4 is 5.91 Å². The van der Waals surface area contributed by atoms with Crippen LogP contribution >= 0.6 is 0 Å². The lowest BCUT2D eigenvalue weighted by Gasteiger charge is -2.35. The van der Waals surface area contributed by atoms with E-state index in [1.54, 1.807) is 0 Å². The quantitative estimate of drug-likeness (QED) is 0.774. The van der Waals surface area contributed by atoms with E-state index in [1.807, 2.05) is 0 Å². The predicted molar refractivity (Wildman–Crippen MR) is 71.4 cm³/mol. The molecule has 1 saturated carbocycles. The molecule has 4 heteroatoms. The van der Waals surface area contributed by atoms with Crippen molar-refractivity contribution in [2.45, 2.75) is 50.6 Å². The van der Waals surface area contributed by atoms with Crippen LogP contribution in [0.1, 0.15) is 38.5 Å². The summed E-state index contributed by atoms with van der Waals surface area (Å²) in [5.74, 6) is 0.993. The smallest absolute Gasteiger partial charge is 0.234 e. The average Bonchev–Trinajstić information content (AvgIpc) is 3.00. The Morgan fingerprint density at radius 2 is 2.11 bits per heavy atom. The number of hydrogen-bond acceptors (Lipinski definition) is 3. The average molecular weight is 251 g/mol. The Morgan fingerprint density at radius 3 is 2.83 bits per heavy atom. The van der Waals surface area contributed by atoms with Crippen LogP contribution in [0.3, 0.4) is 0 Å². The van der Waals surface area contributed by atoms with Gasteiger partial charge in [-0.05, 0) is 57.5 Å². The van der Waals surface area contributed by atoms with Crippen molar-refractivity contribution in [3.63, 3.8) is 0 Å². The monoisotopic (exact) mass is 251 g/mol. The first kappa shape index (κ1) is 12.4. The van der Waals surface area contributed by atoms with E-state index in [0.717, 1.165) is 19.0 Å². The van der Waals surface area contributed by atoms with Crippen molar-refractivity contribution in [1.29, 1.82) is 0 Å². The molecule has 3 fully saturated rings. The Bertz CT molecular complexity index is 297. The first-order valence-corrected chi connectivity index (χ1v) is 7.56. The molecule has 0 bridgehead atoms. The van der Waals surface area contributed by atoms with Crippen LogP contribution in [0.2, 0.25) is 0 Å². The van der Waals surface area contributed by atoms with Crippen LogP contribution in [0.5, 0.6) is 0 Å². The van der Waals surface area contributed by atoms with Crippen molar-refractivity contribution in [3.8, 4) is 0 Å². The lowest BCUT2D eigenvalue weighted by Crippen LogP contribution is -2.47. The summed E-state index contributed by atoms with van der Waals surface area (Å²) in [5.41, 5.74) is 0. The molecule has 0 spiro atoms. The fraction of sp³-hybridized carbons (Fsp3) is 0.929. The normalized spacial score (nSPS) is 33.6. The summed E-state index contributed by atoms with van der Waals surface area (Å²) in [7, 11) is 0. The molecule has 0 aromatic carbocycles. The maximum atomic E-state index is 11.8. The third-order valence-electron chi connectivity index (χ3n) is 4.52. The molecule has 2 atom stereocenters. The fourth-order valence-corrected chi connectivity index (χ4v) is 3.38. The Hall–Kier alpha value is -0.610. The number of piperidine rings is 1. The van der Waals surface area contributed by atoms with Crippen LogP contribution < -0.4 is 10.6 Å². The molecule has 0 radical (unpaired) electrons. The van der Waals surface area contributed by atoms with Gasteiger partial charge < -0.3 is 10.6 Å². The molecule has 1 aliphatic carbocycles. The van der Waals surface area contributed by atoms with E-state index < -0.39 is 0 Å². The van der Waals surface area contributed by atoms with Gasteiger partial charge in [0, 0.05) is 18.6 Å². The molecule has 1 amide bonds. The minimum atomic E-state index is 0.234. The third-order valence-corrected chi connectivity index (χ3v) is 4.52. The number of carbonyl (C=O) groups is 1. The van der Waals surface area contributed by atoms with Crippen LogP contribution in [-0.2, 0) is 4.79 Å². The van der Waals surface area contributed by atoms with E-state index in [0.29, 0.717) is 18.6 Å². The molecule has 0 aromatic heterocycles. The number of rotatable bonds is 4. The summed E-state index contributed by atoms with van der Waals surface area (Å²) in [5, 5.41) is 6.70. The van der Waals surface area contributed by atoms with Crippen molar-refractivity contribution in [1.82, 2.24) is 15.5 Å². The van der Waals surface area contributed by atoms with Gasteiger partial charge >= 0.3 is 0 Å². The van der Waals surface area contributed by atoms with E-state index in [4.69, 9.17) is 0 Å². The summed E-state index contributed by atoms with van der Waals surface area (Å²) in [6.45, 7) is 4.00. The lowest BCUT2D eigenvalue weighted by molar-refractivity contribution is -0.122. The number of hydrogen-bond donors (Lipinski definition) is 2. The second-order valence-corrected chi connectivity index (χ2v) is 6.18. The van der Waals surface area contributed by atoms with Gasteiger partial charge in [-0.1, -0.05) is 0 Å². The van der Waals surface area contributed by atoms with Crippen LogP contribution in [0, 0.1) is 5.92 Å². The van der Waals surface area contributed by atoms with Crippen LogP contribution in [0.4, 0.5) is 0 Å². The zero-order valence-corrected chi connectivity index (χ0v) is 11.2. The molecule has 2 N–H and O–H groups in total. The standard InChI is InChI=1S/C14H25N3O/c18-14(16-12-5-6-12)10-17-8-2-3-11(9-17)13-4-1-7-15-13/h11-13,15H,1-10H2,(H,16,18). The Kier molecular flexibility index (Phi) is 3.85. The van der Waals surface area contributed by atoms with E-state index >= 15 is 0 Å². The van der Waals surface area contributed by atoms with Gasteiger partial charge in [0.25, 0.3) is 0 Å². The van der Waals surface area contributed by atoms with Crippen molar-refractivity contribution in [2.75, 3.05) is 26.2 Å². The first-order valence-electron chi connectivity index (χ1n) is 7.56.